The van der Waals surface area contributed by atoms with Gasteiger partial charge < -0.3 is 0 Å². The van der Waals surface area contributed by atoms with E-state index in [9.17, 15) is 22.8 Å². The van der Waals surface area contributed by atoms with Gasteiger partial charge in [0.25, 0.3) is 0 Å². The molecule has 0 amide bonds. The maximum atomic E-state index is 12.6. The van der Waals surface area contributed by atoms with Gasteiger partial charge in [-0.1, -0.05) is 11.6 Å². The first kappa shape index (κ1) is 12.7. The number of benzene rings is 1. The van der Waals surface area contributed by atoms with Crippen molar-refractivity contribution >= 4 is 23.7 Å². The van der Waals surface area contributed by atoms with Crippen LogP contribution in [0.3, 0.4) is 0 Å². The number of carbonyl (C=O) groups is 2. The molecule has 2 nitrogen and oxygen atoms in total. The molecule has 86 valence electrons. The smallest absolute Gasteiger partial charge is 0.298 e. The quantitative estimate of drug-likeness (QED) is 0.596. The van der Waals surface area contributed by atoms with Crippen LogP contribution in [0.5, 0.6) is 0 Å². The lowest BCUT2D eigenvalue weighted by atomic mass is 9.99. The zero-order chi connectivity index (χ0) is 12.5. The molecule has 1 aromatic carbocycles. The van der Waals surface area contributed by atoms with Gasteiger partial charge in [-0.2, -0.15) is 13.2 Å². The number of Topliss-reactive ketones (excluding diaryl/α,β-unsaturated/α-hetero) is 1. The molecule has 6 heteroatoms. The summed E-state index contributed by atoms with van der Waals surface area (Å²) in [4.78, 5) is 21.7. The zero-order valence-electron chi connectivity index (χ0n) is 8.06. The highest BCUT2D eigenvalue weighted by Crippen LogP contribution is 2.37. The molecule has 0 fully saturated rings. The van der Waals surface area contributed by atoms with Crippen LogP contribution >= 0.6 is 11.6 Å². The van der Waals surface area contributed by atoms with E-state index < -0.39 is 28.1 Å². The molecule has 0 aliphatic carbocycles. The van der Waals surface area contributed by atoms with Crippen LogP contribution in [0.2, 0.25) is 5.02 Å². The van der Waals surface area contributed by atoms with Crippen molar-refractivity contribution in [2.24, 2.45) is 0 Å². The van der Waals surface area contributed by atoms with Crippen LogP contribution in [0, 0.1) is 0 Å². The number of ketones is 1. The SMILES string of the molecule is CC(=O)c1ccc(Cl)c(C(F)(F)F)c1C=O. The normalized spacial score (nSPS) is 11.3. The van der Waals surface area contributed by atoms with E-state index in [4.69, 9.17) is 11.6 Å². The van der Waals surface area contributed by atoms with E-state index in [0.717, 1.165) is 19.1 Å². The highest BCUT2D eigenvalue weighted by molar-refractivity contribution is 6.32. The van der Waals surface area contributed by atoms with E-state index >= 15 is 0 Å². The molecule has 0 bridgehead atoms. The Balaban J connectivity index is 3.64. The van der Waals surface area contributed by atoms with Crippen LogP contribution in [0.15, 0.2) is 12.1 Å². The van der Waals surface area contributed by atoms with Gasteiger partial charge in [-0.25, -0.2) is 0 Å². The second-order valence-electron chi connectivity index (χ2n) is 3.06. The fourth-order valence-corrected chi connectivity index (χ4v) is 1.58. The van der Waals surface area contributed by atoms with Gasteiger partial charge in [0.15, 0.2) is 12.1 Å². The van der Waals surface area contributed by atoms with Crippen LogP contribution in [0.4, 0.5) is 13.2 Å². The van der Waals surface area contributed by atoms with Crippen LogP contribution in [-0.2, 0) is 6.18 Å². The highest BCUT2D eigenvalue weighted by Gasteiger charge is 2.37. The third-order valence-electron chi connectivity index (χ3n) is 1.98. The van der Waals surface area contributed by atoms with Gasteiger partial charge in [-0.3, -0.25) is 9.59 Å². The largest absolute Gasteiger partial charge is 0.418 e. The Bertz CT molecular complexity index is 452. The van der Waals surface area contributed by atoms with Crippen molar-refractivity contribution in [1.82, 2.24) is 0 Å². The molecule has 0 N–H and O–H groups in total. The lowest BCUT2D eigenvalue weighted by Gasteiger charge is -2.13. The molecule has 0 saturated carbocycles. The molecule has 0 unspecified atom stereocenters. The Morgan fingerprint density at radius 1 is 1.38 bits per heavy atom. The molecule has 0 saturated heterocycles. The van der Waals surface area contributed by atoms with E-state index in [2.05, 4.69) is 0 Å². The molecule has 0 atom stereocenters. The number of aldehydes is 1. The van der Waals surface area contributed by atoms with E-state index in [1.54, 1.807) is 0 Å². The maximum Gasteiger partial charge on any atom is 0.418 e. The first-order valence-corrected chi connectivity index (χ1v) is 4.52. The third kappa shape index (κ3) is 2.24. The summed E-state index contributed by atoms with van der Waals surface area (Å²) in [7, 11) is 0. The number of hydrogen-bond donors (Lipinski definition) is 0. The summed E-state index contributed by atoms with van der Waals surface area (Å²) < 4.78 is 37.8. The Labute approximate surface area is 94.0 Å². The van der Waals surface area contributed by atoms with Crippen LogP contribution < -0.4 is 0 Å². The van der Waals surface area contributed by atoms with Crippen LogP contribution in [0.1, 0.15) is 33.2 Å². The van der Waals surface area contributed by atoms with Gasteiger partial charge in [0.1, 0.15) is 0 Å². The second kappa shape index (κ2) is 4.25. The zero-order valence-corrected chi connectivity index (χ0v) is 8.82. The lowest BCUT2D eigenvalue weighted by molar-refractivity contribution is -0.137. The molecule has 0 heterocycles. The average Bonchev–Trinajstić information content (AvgIpc) is 2.14. The molecule has 1 aromatic rings. The molecule has 0 radical (unpaired) electrons. The third-order valence-corrected chi connectivity index (χ3v) is 2.29. The second-order valence-corrected chi connectivity index (χ2v) is 3.46. The standard InChI is InChI=1S/C10H6ClF3O2/c1-5(16)6-2-3-8(11)9(7(6)4-15)10(12,13)14/h2-4H,1H3. The fourth-order valence-electron chi connectivity index (χ4n) is 1.31. The summed E-state index contributed by atoms with van der Waals surface area (Å²) in [6.07, 6.45) is -4.77. The van der Waals surface area contributed by atoms with Crippen molar-refractivity contribution in [2.45, 2.75) is 13.1 Å². The van der Waals surface area contributed by atoms with Gasteiger partial charge in [0.05, 0.1) is 10.6 Å². The summed E-state index contributed by atoms with van der Waals surface area (Å²) in [6.45, 7) is 1.08. The number of alkyl halides is 3. The topological polar surface area (TPSA) is 34.1 Å². The number of carbonyl (C=O) groups excluding carboxylic acids is 2. The van der Waals surface area contributed by atoms with Crippen molar-refractivity contribution in [3.8, 4) is 0 Å². The molecule has 0 spiro atoms. The molecule has 1 rings (SSSR count). The average molecular weight is 251 g/mol. The monoisotopic (exact) mass is 250 g/mol. The van der Waals surface area contributed by atoms with E-state index in [-0.39, 0.29) is 11.8 Å². The van der Waals surface area contributed by atoms with Gasteiger partial charge in [-0.15, -0.1) is 0 Å². The van der Waals surface area contributed by atoms with Crippen LogP contribution in [0.25, 0.3) is 0 Å². The van der Waals surface area contributed by atoms with Crippen molar-refractivity contribution < 1.29 is 22.8 Å². The van der Waals surface area contributed by atoms with Gasteiger partial charge in [-0.05, 0) is 19.1 Å². The first-order valence-electron chi connectivity index (χ1n) is 4.15. The summed E-state index contributed by atoms with van der Waals surface area (Å²) in [5.41, 5.74) is -2.27. The van der Waals surface area contributed by atoms with Crippen molar-refractivity contribution in [1.29, 1.82) is 0 Å². The van der Waals surface area contributed by atoms with Crippen molar-refractivity contribution in [3.63, 3.8) is 0 Å². The van der Waals surface area contributed by atoms with Crippen LogP contribution in [-0.4, -0.2) is 12.1 Å². The summed E-state index contributed by atoms with van der Waals surface area (Å²) in [5.74, 6) is -0.621. The fraction of sp³-hybridized carbons (Fsp3) is 0.200. The predicted molar refractivity (Wildman–Crippen MR) is 51.8 cm³/mol. The maximum absolute atomic E-state index is 12.6. The van der Waals surface area contributed by atoms with Gasteiger partial charge >= 0.3 is 6.18 Å². The van der Waals surface area contributed by atoms with E-state index in [1.807, 2.05) is 0 Å². The van der Waals surface area contributed by atoms with E-state index in [1.165, 1.54) is 0 Å². The lowest BCUT2D eigenvalue weighted by Crippen LogP contribution is -2.13. The summed E-state index contributed by atoms with van der Waals surface area (Å²) in [5, 5.41) is -0.598. The number of rotatable bonds is 2. The molecule has 16 heavy (non-hydrogen) atoms. The molecule has 0 aromatic heterocycles. The minimum Gasteiger partial charge on any atom is -0.298 e. The Hall–Kier alpha value is -1.36. The Kier molecular flexibility index (Phi) is 3.38. The van der Waals surface area contributed by atoms with Gasteiger partial charge in [0, 0.05) is 11.1 Å². The van der Waals surface area contributed by atoms with Crippen molar-refractivity contribution in [2.75, 3.05) is 0 Å². The predicted octanol–water partition coefficient (Wildman–Crippen LogP) is 3.37. The first-order chi connectivity index (χ1) is 7.29. The molecule has 0 aliphatic rings. The Morgan fingerprint density at radius 3 is 2.31 bits per heavy atom. The minimum absolute atomic E-state index is 0.00850. The molecular formula is C10H6ClF3O2. The summed E-state index contributed by atoms with van der Waals surface area (Å²) >= 11 is 5.38. The Morgan fingerprint density at radius 2 is 1.94 bits per heavy atom. The molecular weight excluding hydrogens is 245 g/mol. The number of halogens is 4. The van der Waals surface area contributed by atoms with Gasteiger partial charge in [0.2, 0.25) is 0 Å². The highest BCUT2D eigenvalue weighted by atomic mass is 35.5. The van der Waals surface area contributed by atoms with Crippen molar-refractivity contribution in [3.05, 3.63) is 33.8 Å². The summed E-state index contributed by atoms with van der Waals surface area (Å²) in [6, 6.07) is 2.05. The number of hydrogen-bond acceptors (Lipinski definition) is 2. The minimum atomic E-state index is -4.77. The van der Waals surface area contributed by atoms with E-state index in [0.29, 0.717) is 0 Å². The molecule has 0 aliphatic heterocycles.